The topological polar surface area (TPSA) is 43.4 Å². The molecule has 0 aliphatic rings. The van der Waals surface area contributed by atoms with Crippen molar-refractivity contribution in [1.82, 2.24) is 0 Å². The van der Waals surface area contributed by atoms with Gasteiger partial charge in [0.1, 0.15) is 11.2 Å². The number of halogens is 1. The lowest BCUT2D eigenvalue weighted by Crippen LogP contribution is -1.98. The Morgan fingerprint density at radius 2 is 1.77 bits per heavy atom. The van der Waals surface area contributed by atoms with E-state index >= 15 is 0 Å². The number of benzene rings is 2. The molecule has 0 amide bonds. The number of hydrogen-bond acceptors (Lipinski definition) is 3. The highest BCUT2D eigenvalue weighted by atomic mass is 79.9. The Morgan fingerprint density at radius 1 is 1.00 bits per heavy atom. The fraction of sp³-hybridized carbons (Fsp3) is 0.0556. The van der Waals surface area contributed by atoms with Crippen LogP contribution in [0, 0.1) is 6.92 Å². The summed E-state index contributed by atoms with van der Waals surface area (Å²) in [5, 5.41) is 1.73. The van der Waals surface area contributed by atoms with Gasteiger partial charge < -0.3 is 8.83 Å². The van der Waals surface area contributed by atoms with Crippen LogP contribution in [0.3, 0.4) is 0 Å². The van der Waals surface area contributed by atoms with Gasteiger partial charge in [0.2, 0.25) is 0 Å². The monoisotopic (exact) mass is 354 g/mol. The van der Waals surface area contributed by atoms with E-state index < -0.39 is 0 Å². The minimum absolute atomic E-state index is 0.353. The molecular weight excluding hydrogens is 344 g/mol. The summed E-state index contributed by atoms with van der Waals surface area (Å²) in [5.41, 5.74) is 3.70. The first kappa shape index (κ1) is 13.3. The molecule has 4 rings (SSSR count). The summed E-state index contributed by atoms with van der Waals surface area (Å²) < 4.78 is 11.9. The zero-order valence-electron chi connectivity index (χ0n) is 11.7. The van der Waals surface area contributed by atoms with Crippen LogP contribution in [0.15, 0.2) is 66.8 Å². The van der Waals surface area contributed by atoms with E-state index in [2.05, 4.69) is 15.9 Å². The van der Waals surface area contributed by atoms with Crippen molar-refractivity contribution in [2.24, 2.45) is 0 Å². The molecule has 0 saturated heterocycles. The molecule has 0 spiro atoms. The molecule has 0 aliphatic carbocycles. The minimum atomic E-state index is -0.353. The summed E-state index contributed by atoms with van der Waals surface area (Å²) in [6.07, 6.45) is 0. The zero-order valence-corrected chi connectivity index (χ0v) is 13.3. The maximum Gasteiger partial charge on any atom is 0.336 e. The van der Waals surface area contributed by atoms with E-state index in [1.165, 1.54) is 6.07 Å². The first-order valence-electron chi connectivity index (χ1n) is 6.86. The van der Waals surface area contributed by atoms with Crippen LogP contribution in [-0.2, 0) is 0 Å². The maximum absolute atomic E-state index is 11.8. The number of rotatable bonds is 1. The molecule has 22 heavy (non-hydrogen) atoms. The SMILES string of the molecule is Cc1cc(=O)oc2c1ccc1oc(Br)c(-c3ccccc3)c12. The molecule has 2 aromatic heterocycles. The van der Waals surface area contributed by atoms with Crippen LogP contribution in [0.5, 0.6) is 0 Å². The Bertz CT molecular complexity index is 1060. The molecule has 4 heteroatoms. The fourth-order valence-electron chi connectivity index (χ4n) is 2.80. The number of furan rings is 1. The smallest absolute Gasteiger partial charge is 0.336 e. The van der Waals surface area contributed by atoms with Crippen LogP contribution in [0.25, 0.3) is 33.1 Å². The number of hydrogen-bond donors (Lipinski definition) is 0. The van der Waals surface area contributed by atoms with E-state index in [4.69, 9.17) is 8.83 Å². The molecule has 0 bridgehead atoms. The largest absolute Gasteiger partial charge is 0.449 e. The lowest BCUT2D eigenvalue weighted by atomic mass is 10.0. The highest BCUT2D eigenvalue weighted by Crippen LogP contribution is 2.41. The van der Waals surface area contributed by atoms with Crippen molar-refractivity contribution in [2.45, 2.75) is 6.92 Å². The van der Waals surface area contributed by atoms with E-state index in [-0.39, 0.29) is 5.63 Å². The van der Waals surface area contributed by atoms with Crippen LogP contribution in [-0.4, -0.2) is 0 Å². The zero-order chi connectivity index (χ0) is 15.3. The Hall–Kier alpha value is -2.33. The van der Waals surface area contributed by atoms with Crippen molar-refractivity contribution >= 4 is 37.9 Å². The van der Waals surface area contributed by atoms with Crippen molar-refractivity contribution in [3.8, 4) is 11.1 Å². The third kappa shape index (κ3) is 1.91. The second-order valence-electron chi connectivity index (χ2n) is 5.18. The van der Waals surface area contributed by atoms with E-state index in [0.717, 1.165) is 27.5 Å². The molecule has 108 valence electrons. The quantitative estimate of drug-likeness (QED) is 0.437. The van der Waals surface area contributed by atoms with E-state index in [9.17, 15) is 4.79 Å². The Morgan fingerprint density at radius 3 is 2.55 bits per heavy atom. The second-order valence-corrected chi connectivity index (χ2v) is 5.90. The molecule has 0 unspecified atom stereocenters. The third-order valence-electron chi connectivity index (χ3n) is 3.79. The van der Waals surface area contributed by atoms with Crippen molar-refractivity contribution in [3.63, 3.8) is 0 Å². The van der Waals surface area contributed by atoms with Gasteiger partial charge in [-0.05, 0) is 46.1 Å². The van der Waals surface area contributed by atoms with Gasteiger partial charge in [-0.25, -0.2) is 4.79 Å². The normalized spacial score (nSPS) is 11.4. The summed E-state index contributed by atoms with van der Waals surface area (Å²) in [4.78, 5) is 11.8. The predicted molar refractivity (Wildman–Crippen MR) is 90.1 cm³/mol. The van der Waals surface area contributed by atoms with E-state index in [1.807, 2.05) is 49.4 Å². The molecule has 2 aromatic carbocycles. The van der Waals surface area contributed by atoms with Gasteiger partial charge in [-0.1, -0.05) is 30.3 Å². The highest BCUT2D eigenvalue weighted by molar-refractivity contribution is 9.10. The standard InChI is InChI=1S/C18H11BrO3/c1-10-9-14(20)22-17-12(10)7-8-13-16(17)15(18(19)21-13)11-5-3-2-4-6-11/h2-9H,1H3. The van der Waals surface area contributed by atoms with Crippen molar-refractivity contribution < 1.29 is 8.83 Å². The van der Waals surface area contributed by atoms with E-state index in [1.54, 1.807) is 0 Å². The molecule has 0 N–H and O–H groups in total. The summed E-state index contributed by atoms with van der Waals surface area (Å²) in [6, 6.07) is 15.2. The average Bonchev–Trinajstić information content (AvgIpc) is 2.84. The second kappa shape index (κ2) is 4.85. The lowest BCUT2D eigenvalue weighted by molar-refractivity contribution is 0.562. The molecule has 2 heterocycles. The van der Waals surface area contributed by atoms with Crippen molar-refractivity contribution in [3.05, 3.63) is 69.2 Å². The average molecular weight is 355 g/mol. The number of aryl methyl sites for hydroxylation is 1. The Kier molecular flexibility index (Phi) is 2.94. The van der Waals surface area contributed by atoms with Crippen LogP contribution in [0.4, 0.5) is 0 Å². The Labute approximate surface area is 134 Å². The first-order chi connectivity index (χ1) is 10.6. The summed E-state index contributed by atoms with van der Waals surface area (Å²) in [6.45, 7) is 1.91. The van der Waals surface area contributed by atoms with Gasteiger partial charge in [0.25, 0.3) is 0 Å². The Balaban J connectivity index is 2.24. The third-order valence-corrected chi connectivity index (χ3v) is 4.35. The summed E-state index contributed by atoms with van der Waals surface area (Å²) in [5.74, 6) is 0. The van der Waals surface area contributed by atoms with E-state index in [0.29, 0.717) is 15.8 Å². The van der Waals surface area contributed by atoms with Crippen LogP contribution in [0.1, 0.15) is 5.56 Å². The summed E-state index contributed by atoms with van der Waals surface area (Å²) >= 11 is 3.48. The van der Waals surface area contributed by atoms with Crippen molar-refractivity contribution in [2.75, 3.05) is 0 Å². The molecule has 3 nitrogen and oxygen atoms in total. The van der Waals surface area contributed by atoms with Crippen LogP contribution >= 0.6 is 15.9 Å². The van der Waals surface area contributed by atoms with Gasteiger partial charge in [-0.15, -0.1) is 0 Å². The van der Waals surface area contributed by atoms with Gasteiger partial charge in [0, 0.05) is 17.0 Å². The highest BCUT2D eigenvalue weighted by Gasteiger charge is 2.19. The van der Waals surface area contributed by atoms with Gasteiger partial charge in [-0.2, -0.15) is 0 Å². The van der Waals surface area contributed by atoms with Crippen LogP contribution < -0.4 is 5.63 Å². The fourth-order valence-corrected chi connectivity index (χ4v) is 3.40. The maximum atomic E-state index is 11.8. The van der Waals surface area contributed by atoms with Gasteiger partial charge >= 0.3 is 5.63 Å². The van der Waals surface area contributed by atoms with Gasteiger partial charge in [0.15, 0.2) is 4.67 Å². The molecule has 0 radical (unpaired) electrons. The lowest BCUT2D eigenvalue weighted by Gasteiger charge is -2.03. The summed E-state index contributed by atoms with van der Waals surface area (Å²) in [7, 11) is 0. The van der Waals surface area contributed by atoms with Gasteiger partial charge in [-0.3, -0.25) is 0 Å². The molecule has 0 saturated carbocycles. The first-order valence-corrected chi connectivity index (χ1v) is 7.65. The molecule has 0 aliphatic heterocycles. The minimum Gasteiger partial charge on any atom is -0.449 e. The predicted octanol–water partition coefficient (Wildman–Crippen LogP) is 5.28. The van der Waals surface area contributed by atoms with Crippen LogP contribution in [0.2, 0.25) is 0 Å². The molecular formula is C18H11BrO3. The molecule has 0 fully saturated rings. The number of fused-ring (bicyclic) bond motifs is 3. The molecule has 0 atom stereocenters. The molecule has 4 aromatic rings. The van der Waals surface area contributed by atoms with Crippen molar-refractivity contribution in [1.29, 1.82) is 0 Å². The van der Waals surface area contributed by atoms with Gasteiger partial charge in [0.05, 0.1) is 5.39 Å².